The van der Waals surface area contributed by atoms with Crippen molar-refractivity contribution in [3.05, 3.63) is 62.1 Å². The third-order valence-electron chi connectivity index (χ3n) is 2.49. The second-order valence-corrected chi connectivity index (χ2v) is 4.70. The van der Waals surface area contributed by atoms with Crippen LogP contribution in [0.1, 0.15) is 5.56 Å². The summed E-state index contributed by atoms with van der Waals surface area (Å²) in [4.78, 5) is 12.0. The fraction of sp³-hybridized carbons (Fsp3) is 0.154. The predicted octanol–water partition coefficient (Wildman–Crippen LogP) is 2.51. The van der Waals surface area contributed by atoms with E-state index in [1.54, 1.807) is 17.9 Å². The zero-order chi connectivity index (χ0) is 12.3. The first kappa shape index (κ1) is 12.2. The molecule has 0 N–H and O–H groups in total. The molecule has 0 saturated carbocycles. The van der Waals surface area contributed by atoms with Gasteiger partial charge in [0, 0.05) is 6.20 Å². The maximum absolute atomic E-state index is 12.0. The van der Waals surface area contributed by atoms with Crippen molar-refractivity contribution in [1.29, 1.82) is 0 Å². The number of hydrogen-bond donors (Lipinski definition) is 0. The van der Waals surface area contributed by atoms with Crippen LogP contribution in [0.25, 0.3) is 0 Å². The monoisotopic (exact) mass is 341 g/mol. The fourth-order valence-electron chi connectivity index (χ4n) is 1.59. The molecule has 0 aliphatic carbocycles. The number of nitrogens with zero attached hydrogens (tertiary/aromatic N) is 1. The Morgan fingerprint density at radius 2 is 1.94 bits per heavy atom. The van der Waals surface area contributed by atoms with Crippen LogP contribution in [-0.2, 0) is 6.54 Å². The maximum Gasteiger partial charge on any atom is 0.268 e. The summed E-state index contributed by atoms with van der Waals surface area (Å²) in [6.07, 6.45) is 1.76. The van der Waals surface area contributed by atoms with Gasteiger partial charge in [0.2, 0.25) is 0 Å². The van der Waals surface area contributed by atoms with Crippen molar-refractivity contribution in [3.63, 3.8) is 0 Å². The van der Waals surface area contributed by atoms with Crippen molar-refractivity contribution < 1.29 is 4.74 Å². The molecule has 0 aliphatic heterocycles. The van der Waals surface area contributed by atoms with E-state index in [0.717, 1.165) is 5.56 Å². The summed E-state index contributed by atoms with van der Waals surface area (Å²) >= 11 is 2.01. The lowest BCUT2D eigenvalue weighted by Gasteiger charge is -2.08. The average molecular weight is 341 g/mol. The largest absolute Gasteiger partial charge is 0.495 e. The van der Waals surface area contributed by atoms with Crippen LogP contribution < -0.4 is 10.3 Å². The van der Waals surface area contributed by atoms with Crippen LogP contribution in [0.5, 0.6) is 5.75 Å². The number of halogens is 1. The molecule has 1 aromatic carbocycles. The highest BCUT2D eigenvalue weighted by Gasteiger charge is 2.07. The number of benzene rings is 1. The molecule has 88 valence electrons. The maximum atomic E-state index is 12.0. The minimum atomic E-state index is -0.0196. The Morgan fingerprint density at radius 3 is 2.59 bits per heavy atom. The van der Waals surface area contributed by atoms with E-state index in [1.807, 2.05) is 59.0 Å². The minimum Gasteiger partial charge on any atom is -0.495 e. The molecule has 0 atom stereocenters. The van der Waals surface area contributed by atoms with Crippen LogP contribution in [0, 0.1) is 3.57 Å². The molecule has 0 spiro atoms. The van der Waals surface area contributed by atoms with E-state index < -0.39 is 0 Å². The molecule has 4 heteroatoms. The number of rotatable bonds is 3. The molecule has 0 amide bonds. The summed E-state index contributed by atoms with van der Waals surface area (Å²) in [5, 5.41) is 0. The molecule has 0 saturated heterocycles. The summed E-state index contributed by atoms with van der Waals surface area (Å²) in [5.41, 5.74) is 1.09. The molecule has 3 nitrogen and oxygen atoms in total. The Balaban J connectivity index is 2.35. The van der Waals surface area contributed by atoms with E-state index in [1.165, 1.54) is 0 Å². The van der Waals surface area contributed by atoms with Crippen LogP contribution in [0.15, 0.2) is 47.4 Å². The molecule has 2 rings (SSSR count). The fourth-order valence-corrected chi connectivity index (χ4v) is 2.30. The zero-order valence-electron chi connectivity index (χ0n) is 9.39. The SMILES string of the molecule is COc1ccn(Cc2ccccc2)c(=O)c1I. The average Bonchev–Trinajstić information content (AvgIpc) is 2.37. The quantitative estimate of drug-likeness (QED) is 0.804. The summed E-state index contributed by atoms with van der Waals surface area (Å²) in [7, 11) is 1.57. The second-order valence-electron chi connectivity index (χ2n) is 3.62. The summed E-state index contributed by atoms with van der Waals surface area (Å²) in [5.74, 6) is 0.625. The molecule has 2 aromatic rings. The Labute approximate surface area is 113 Å². The lowest BCUT2D eigenvalue weighted by atomic mass is 10.2. The van der Waals surface area contributed by atoms with E-state index in [2.05, 4.69) is 0 Å². The van der Waals surface area contributed by atoms with Crippen LogP contribution >= 0.6 is 22.6 Å². The topological polar surface area (TPSA) is 31.2 Å². The Hall–Kier alpha value is -1.30. The molecule has 0 aliphatic rings. The molecular formula is C13H12INO2. The van der Waals surface area contributed by atoms with Gasteiger partial charge in [-0.15, -0.1) is 0 Å². The van der Waals surface area contributed by atoms with Crippen molar-refractivity contribution in [2.24, 2.45) is 0 Å². The minimum absolute atomic E-state index is 0.0196. The van der Waals surface area contributed by atoms with E-state index in [-0.39, 0.29) is 5.56 Å². The molecule has 0 unspecified atom stereocenters. The van der Waals surface area contributed by atoms with Gasteiger partial charge in [0.1, 0.15) is 9.32 Å². The van der Waals surface area contributed by atoms with E-state index in [0.29, 0.717) is 15.9 Å². The summed E-state index contributed by atoms with van der Waals surface area (Å²) in [6, 6.07) is 11.7. The lowest BCUT2D eigenvalue weighted by molar-refractivity contribution is 0.409. The van der Waals surface area contributed by atoms with Gasteiger partial charge in [-0.3, -0.25) is 4.79 Å². The number of hydrogen-bond acceptors (Lipinski definition) is 2. The van der Waals surface area contributed by atoms with Gasteiger partial charge in [-0.1, -0.05) is 30.3 Å². The number of pyridine rings is 1. The van der Waals surface area contributed by atoms with Gasteiger partial charge in [-0.2, -0.15) is 0 Å². The number of aromatic nitrogens is 1. The van der Waals surface area contributed by atoms with Crippen LogP contribution in [-0.4, -0.2) is 11.7 Å². The Kier molecular flexibility index (Phi) is 3.83. The third kappa shape index (κ3) is 2.69. The predicted molar refractivity (Wildman–Crippen MR) is 75.5 cm³/mol. The molecule has 1 heterocycles. The van der Waals surface area contributed by atoms with Crippen molar-refractivity contribution >= 4 is 22.6 Å². The third-order valence-corrected chi connectivity index (χ3v) is 3.48. The molecule has 17 heavy (non-hydrogen) atoms. The molecular weight excluding hydrogens is 329 g/mol. The first-order valence-corrected chi connectivity index (χ1v) is 6.27. The Bertz CT molecular complexity index is 563. The summed E-state index contributed by atoms with van der Waals surface area (Å²) < 4.78 is 7.40. The molecule has 1 aromatic heterocycles. The van der Waals surface area contributed by atoms with Crippen LogP contribution in [0.2, 0.25) is 0 Å². The highest BCUT2D eigenvalue weighted by Crippen LogP contribution is 2.15. The van der Waals surface area contributed by atoms with Crippen molar-refractivity contribution in [2.75, 3.05) is 7.11 Å². The molecule has 0 radical (unpaired) electrons. The normalized spacial score (nSPS) is 10.2. The second kappa shape index (κ2) is 5.35. The standard InChI is InChI=1S/C13H12INO2/c1-17-11-7-8-15(13(16)12(11)14)9-10-5-3-2-4-6-10/h2-8H,9H2,1H3. The number of ether oxygens (including phenoxy) is 1. The van der Waals surface area contributed by atoms with E-state index in [9.17, 15) is 4.79 Å². The lowest BCUT2D eigenvalue weighted by Crippen LogP contribution is -2.22. The first-order valence-electron chi connectivity index (χ1n) is 5.19. The Morgan fingerprint density at radius 1 is 1.24 bits per heavy atom. The van der Waals surface area contributed by atoms with Gasteiger partial charge < -0.3 is 9.30 Å². The molecule has 0 bridgehead atoms. The van der Waals surface area contributed by atoms with E-state index in [4.69, 9.17) is 4.74 Å². The van der Waals surface area contributed by atoms with Gasteiger partial charge in [0.05, 0.1) is 13.7 Å². The van der Waals surface area contributed by atoms with Crippen LogP contribution in [0.3, 0.4) is 0 Å². The smallest absolute Gasteiger partial charge is 0.268 e. The van der Waals surface area contributed by atoms with Gasteiger partial charge in [0.25, 0.3) is 5.56 Å². The summed E-state index contributed by atoms with van der Waals surface area (Å²) in [6.45, 7) is 0.583. The molecule has 0 fully saturated rings. The highest BCUT2D eigenvalue weighted by molar-refractivity contribution is 14.1. The van der Waals surface area contributed by atoms with Gasteiger partial charge >= 0.3 is 0 Å². The number of methoxy groups -OCH3 is 1. The highest BCUT2D eigenvalue weighted by atomic mass is 127. The zero-order valence-corrected chi connectivity index (χ0v) is 11.5. The first-order chi connectivity index (χ1) is 8.22. The van der Waals surface area contributed by atoms with Crippen LogP contribution in [0.4, 0.5) is 0 Å². The van der Waals surface area contributed by atoms with E-state index >= 15 is 0 Å². The van der Waals surface area contributed by atoms with Crippen molar-refractivity contribution in [3.8, 4) is 5.75 Å². The van der Waals surface area contributed by atoms with Crippen molar-refractivity contribution in [1.82, 2.24) is 4.57 Å². The van der Waals surface area contributed by atoms with Gasteiger partial charge in [-0.05, 0) is 34.2 Å². The van der Waals surface area contributed by atoms with Gasteiger partial charge in [0.15, 0.2) is 0 Å². The van der Waals surface area contributed by atoms with Crippen molar-refractivity contribution in [2.45, 2.75) is 6.54 Å². The van der Waals surface area contributed by atoms with Gasteiger partial charge in [-0.25, -0.2) is 0 Å².